The van der Waals surface area contributed by atoms with Crippen LogP contribution in [0.5, 0.6) is 0 Å². The number of nitrogens with one attached hydrogen (secondary N) is 1. The SMILES string of the molecule is COC(=O)c1cc(-c2ccncc2)cc2c1CCN2C(=O)C(Cc1ccccc1)N[C@@H](C)c1ccccn1. The Labute approximate surface area is 222 Å². The van der Waals surface area contributed by atoms with Crippen molar-refractivity contribution >= 4 is 17.6 Å². The van der Waals surface area contributed by atoms with E-state index in [1.807, 2.05) is 79.7 Å². The molecule has 5 rings (SSSR count). The van der Waals surface area contributed by atoms with Crippen LogP contribution in [0.3, 0.4) is 0 Å². The number of esters is 1. The first-order chi connectivity index (χ1) is 18.5. The predicted molar refractivity (Wildman–Crippen MR) is 147 cm³/mol. The molecule has 2 aromatic heterocycles. The lowest BCUT2D eigenvalue weighted by Crippen LogP contribution is -2.48. The third-order valence-electron chi connectivity index (χ3n) is 6.95. The Bertz CT molecular complexity index is 1410. The highest BCUT2D eigenvalue weighted by atomic mass is 16.5. The Kier molecular flexibility index (Phi) is 7.56. The van der Waals surface area contributed by atoms with Crippen LogP contribution in [0.2, 0.25) is 0 Å². The smallest absolute Gasteiger partial charge is 0.338 e. The first-order valence-electron chi connectivity index (χ1n) is 12.7. The van der Waals surface area contributed by atoms with Crippen LogP contribution in [0.15, 0.2) is 91.4 Å². The van der Waals surface area contributed by atoms with Gasteiger partial charge in [0.1, 0.15) is 0 Å². The summed E-state index contributed by atoms with van der Waals surface area (Å²) in [5, 5.41) is 3.53. The molecule has 1 N–H and O–H groups in total. The number of nitrogens with zero attached hydrogens (tertiary/aromatic N) is 3. The summed E-state index contributed by atoms with van der Waals surface area (Å²) in [5.41, 5.74) is 5.74. The van der Waals surface area contributed by atoms with Gasteiger partial charge in [0.2, 0.25) is 5.91 Å². The van der Waals surface area contributed by atoms with Crippen molar-refractivity contribution in [3.8, 4) is 11.1 Å². The largest absolute Gasteiger partial charge is 0.465 e. The monoisotopic (exact) mass is 506 g/mol. The van der Waals surface area contributed by atoms with Crippen molar-refractivity contribution in [3.05, 3.63) is 114 Å². The van der Waals surface area contributed by atoms with Crippen molar-refractivity contribution < 1.29 is 14.3 Å². The molecule has 3 heterocycles. The van der Waals surface area contributed by atoms with Gasteiger partial charge in [0.25, 0.3) is 0 Å². The molecule has 38 heavy (non-hydrogen) atoms. The van der Waals surface area contributed by atoms with Crippen LogP contribution in [0.25, 0.3) is 11.1 Å². The quantitative estimate of drug-likeness (QED) is 0.346. The second kappa shape index (κ2) is 11.4. The zero-order valence-corrected chi connectivity index (χ0v) is 21.5. The fraction of sp³-hybridized carbons (Fsp3) is 0.226. The molecule has 0 fully saturated rings. The Morgan fingerprint density at radius 2 is 1.74 bits per heavy atom. The molecule has 1 unspecified atom stereocenters. The summed E-state index contributed by atoms with van der Waals surface area (Å²) < 4.78 is 5.10. The van der Waals surface area contributed by atoms with Crippen LogP contribution in [-0.4, -0.2) is 41.5 Å². The van der Waals surface area contributed by atoms with Crippen molar-refractivity contribution in [2.24, 2.45) is 0 Å². The Morgan fingerprint density at radius 1 is 0.974 bits per heavy atom. The number of pyridine rings is 2. The third kappa shape index (κ3) is 5.33. The average molecular weight is 507 g/mol. The predicted octanol–water partition coefficient (Wildman–Crippen LogP) is 4.78. The highest BCUT2D eigenvalue weighted by molar-refractivity contribution is 6.03. The molecule has 192 valence electrons. The fourth-order valence-electron chi connectivity index (χ4n) is 5.01. The van der Waals surface area contributed by atoms with E-state index < -0.39 is 12.0 Å². The number of ether oxygens (including phenoxy) is 1. The van der Waals surface area contributed by atoms with E-state index >= 15 is 0 Å². The topological polar surface area (TPSA) is 84.4 Å². The number of hydrogen-bond donors (Lipinski definition) is 1. The van der Waals surface area contributed by atoms with Gasteiger partial charge in [-0.05, 0) is 78.4 Å². The molecular formula is C31H30N4O3. The molecule has 1 aliphatic heterocycles. The van der Waals surface area contributed by atoms with Crippen LogP contribution in [-0.2, 0) is 22.4 Å². The molecule has 1 amide bonds. The number of anilines is 1. The normalized spacial score (nSPS) is 14.0. The molecule has 0 radical (unpaired) electrons. The van der Waals surface area contributed by atoms with Crippen molar-refractivity contribution in [2.45, 2.75) is 31.8 Å². The number of hydrogen-bond acceptors (Lipinski definition) is 6. The second-order valence-corrected chi connectivity index (χ2v) is 9.37. The molecule has 4 aromatic rings. The summed E-state index contributed by atoms with van der Waals surface area (Å²) in [6, 6.07) is 22.7. The molecule has 0 saturated heterocycles. The maximum Gasteiger partial charge on any atom is 0.338 e. The van der Waals surface area contributed by atoms with Gasteiger partial charge in [-0.25, -0.2) is 4.79 Å². The lowest BCUT2D eigenvalue weighted by molar-refractivity contribution is -0.120. The standard InChI is InChI=1S/C31H30N4O3/c1-21(27-10-6-7-14-33-27)34-28(18-22-8-4-3-5-9-22)30(36)35-17-13-25-26(31(37)38-2)19-24(20-29(25)35)23-11-15-32-16-12-23/h3-12,14-16,19-21,28,34H,13,17-18H2,1-2H3/t21-,28?/m0/s1. The van der Waals surface area contributed by atoms with Gasteiger partial charge in [0, 0.05) is 36.9 Å². The number of rotatable bonds is 8. The number of benzene rings is 2. The first-order valence-corrected chi connectivity index (χ1v) is 12.7. The van der Waals surface area contributed by atoms with E-state index in [0.717, 1.165) is 33.6 Å². The summed E-state index contributed by atoms with van der Waals surface area (Å²) in [7, 11) is 1.38. The van der Waals surface area contributed by atoms with Crippen molar-refractivity contribution in [1.82, 2.24) is 15.3 Å². The highest BCUT2D eigenvalue weighted by Gasteiger charge is 2.34. The van der Waals surface area contributed by atoms with Crippen molar-refractivity contribution in [3.63, 3.8) is 0 Å². The number of methoxy groups -OCH3 is 1. The summed E-state index contributed by atoms with van der Waals surface area (Å²) in [6.07, 6.45) is 6.28. The molecule has 0 saturated carbocycles. The highest BCUT2D eigenvalue weighted by Crippen LogP contribution is 2.37. The van der Waals surface area contributed by atoms with E-state index in [1.54, 1.807) is 23.5 Å². The molecule has 2 aromatic carbocycles. The number of carbonyl (C=O) groups is 2. The Hall–Kier alpha value is -4.36. The van der Waals surface area contributed by atoms with Crippen LogP contribution >= 0.6 is 0 Å². The minimum atomic E-state index is -0.494. The zero-order chi connectivity index (χ0) is 26.5. The van der Waals surface area contributed by atoms with Gasteiger partial charge in [-0.2, -0.15) is 0 Å². The van der Waals surface area contributed by atoms with Gasteiger partial charge < -0.3 is 9.64 Å². The molecule has 7 heteroatoms. The van der Waals surface area contributed by atoms with E-state index in [4.69, 9.17) is 4.74 Å². The number of carbonyl (C=O) groups excluding carboxylic acids is 2. The number of aromatic nitrogens is 2. The van der Waals surface area contributed by atoms with Gasteiger partial charge >= 0.3 is 5.97 Å². The first kappa shape index (κ1) is 25.3. The average Bonchev–Trinajstić information content (AvgIpc) is 3.41. The van der Waals surface area contributed by atoms with Crippen LogP contribution in [0.4, 0.5) is 5.69 Å². The Balaban J connectivity index is 1.52. The summed E-state index contributed by atoms with van der Waals surface area (Å²) in [6.45, 7) is 2.51. The van der Waals surface area contributed by atoms with E-state index in [-0.39, 0.29) is 11.9 Å². The van der Waals surface area contributed by atoms with E-state index in [9.17, 15) is 9.59 Å². The lowest BCUT2D eigenvalue weighted by atomic mass is 9.97. The lowest BCUT2D eigenvalue weighted by Gasteiger charge is -2.28. The molecule has 0 aliphatic carbocycles. The van der Waals surface area contributed by atoms with Gasteiger partial charge in [-0.3, -0.25) is 20.1 Å². The van der Waals surface area contributed by atoms with Gasteiger partial charge in [0.15, 0.2) is 0 Å². The van der Waals surface area contributed by atoms with Crippen LogP contribution in [0, 0.1) is 0 Å². The molecule has 2 atom stereocenters. The molecule has 0 bridgehead atoms. The summed E-state index contributed by atoms with van der Waals surface area (Å²) in [5.74, 6) is -0.452. The third-order valence-corrected chi connectivity index (χ3v) is 6.95. The van der Waals surface area contributed by atoms with Gasteiger partial charge in [-0.15, -0.1) is 0 Å². The Morgan fingerprint density at radius 3 is 2.45 bits per heavy atom. The van der Waals surface area contributed by atoms with Gasteiger partial charge in [-0.1, -0.05) is 36.4 Å². The molecule has 1 aliphatic rings. The minimum Gasteiger partial charge on any atom is -0.465 e. The maximum absolute atomic E-state index is 14.2. The maximum atomic E-state index is 14.2. The number of fused-ring (bicyclic) bond motifs is 1. The van der Waals surface area contributed by atoms with Crippen molar-refractivity contribution in [2.75, 3.05) is 18.6 Å². The molecule has 0 spiro atoms. The van der Waals surface area contributed by atoms with Crippen molar-refractivity contribution in [1.29, 1.82) is 0 Å². The summed E-state index contributed by atoms with van der Waals surface area (Å²) >= 11 is 0. The van der Waals surface area contributed by atoms with Crippen LogP contribution < -0.4 is 10.2 Å². The van der Waals surface area contributed by atoms with E-state index in [2.05, 4.69) is 15.3 Å². The molecular weight excluding hydrogens is 476 g/mol. The van der Waals surface area contributed by atoms with E-state index in [0.29, 0.717) is 24.9 Å². The summed E-state index contributed by atoms with van der Waals surface area (Å²) in [4.78, 5) is 37.3. The number of amides is 1. The van der Waals surface area contributed by atoms with E-state index in [1.165, 1.54) is 7.11 Å². The fourth-order valence-corrected chi connectivity index (χ4v) is 5.01. The van der Waals surface area contributed by atoms with Crippen LogP contribution in [0.1, 0.15) is 40.1 Å². The zero-order valence-electron chi connectivity index (χ0n) is 21.5. The minimum absolute atomic E-state index is 0.0434. The molecule has 7 nitrogen and oxygen atoms in total. The second-order valence-electron chi connectivity index (χ2n) is 9.37. The van der Waals surface area contributed by atoms with Gasteiger partial charge in [0.05, 0.1) is 24.4 Å².